The Hall–Kier alpha value is -2.73. The number of carbonyl (C=O) groups excluding carboxylic acids is 2. The van der Waals surface area contributed by atoms with Crippen LogP contribution < -0.4 is 0 Å². The first kappa shape index (κ1) is 33.3. The predicted molar refractivity (Wildman–Crippen MR) is 152 cm³/mol. The highest BCUT2D eigenvalue weighted by atomic mass is 16.5. The van der Waals surface area contributed by atoms with Crippen LogP contribution in [0.5, 0.6) is 0 Å². The number of carbonyl (C=O) groups is 3. The monoisotopic (exact) mass is 528 g/mol. The molecule has 0 saturated heterocycles. The molecule has 212 valence electrons. The lowest BCUT2D eigenvalue weighted by Crippen LogP contribution is -2.34. The van der Waals surface area contributed by atoms with Crippen LogP contribution >= 0.6 is 0 Å². The Labute approximate surface area is 229 Å². The van der Waals surface area contributed by atoms with Crippen molar-refractivity contribution in [2.75, 3.05) is 0 Å². The van der Waals surface area contributed by atoms with Crippen molar-refractivity contribution in [1.29, 1.82) is 0 Å². The van der Waals surface area contributed by atoms with Crippen molar-refractivity contribution in [3.63, 3.8) is 0 Å². The molecule has 1 aliphatic rings. The van der Waals surface area contributed by atoms with Crippen LogP contribution in [0.15, 0.2) is 59.8 Å². The molecular formula is C32H48O6. The number of ketones is 1. The molecule has 1 heterocycles. The van der Waals surface area contributed by atoms with Gasteiger partial charge >= 0.3 is 11.9 Å². The first-order valence-electron chi connectivity index (χ1n) is 13.7. The molecule has 8 atom stereocenters. The van der Waals surface area contributed by atoms with Gasteiger partial charge in [0.15, 0.2) is 0 Å². The van der Waals surface area contributed by atoms with Crippen LogP contribution in [0.2, 0.25) is 0 Å². The molecule has 0 aromatic rings. The largest absolute Gasteiger partial charge is 0.478 e. The number of rotatable bonds is 15. The van der Waals surface area contributed by atoms with E-state index in [9.17, 15) is 19.5 Å². The van der Waals surface area contributed by atoms with Gasteiger partial charge in [0.25, 0.3) is 0 Å². The second-order valence-corrected chi connectivity index (χ2v) is 11.4. The summed E-state index contributed by atoms with van der Waals surface area (Å²) in [7, 11) is 0. The molecule has 0 spiro atoms. The summed E-state index contributed by atoms with van der Waals surface area (Å²) in [6, 6.07) is 0. The topological polar surface area (TPSA) is 101 Å². The highest BCUT2D eigenvalue weighted by Gasteiger charge is 2.29. The van der Waals surface area contributed by atoms with Gasteiger partial charge < -0.3 is 14.9 Å². The van der Waals surface area contributed by atoms with Crippen LogP contribution in [0.4, 0.5) is 0 Å². The number of cyclic esters (lactones) is 1. The molecule has 6 heteroatoms. The van der Waals surface area contributed by atoms with E-state index >= 15 is 0 Å². The van der Waals surface area contributed by atoms with Crippen LogP contribution in [0.1, 0.15) is 74.7 Å². The fraction of sp³-hybridized carbons (Fsp3) is 0.594. The van der Waals surface area contributed by atoms with E-state index in [4.69, 9.17) is 9.84 Å². The SMILES string of the molecule is CC(C=CCC(C)CC(C)C=C[C@@H]1OC(=O)C=C[C@@H]1C)=CC(C)C(=O)C(C)[C@H](O)C(C)CC(C)=CC(=O)O. The van der Waals surface area contributed by atoms with Gasteiger partial charge in [-0.1, -0.05) is 83.1 Å². The van der Waals surface area contributed by atoms with Crippen LogP contribution in [0, 0.1) is 35.5 Å². The molecule has 0 bridgehead atoms. The van der Waals surface area contributed by atoms with Crippen LogP contribution in [0.3, 0.4) is 0 Å². The molecule has 0 fully saturated rings. The van der Waals surface area contributed by atoms with Crippen molar-refractivity contribution < 1.29 is 29.3 Å². The summed E-state index contributed by atoms with van der Waals surface area (Å²) < 4.78 is 5.37. The van der Waals surface area contributed by atoms with Gasteiger partial charge in [-0.2, -0.15) is 0 Å². The normalized spacial score (nSPS) is 23.7. The smallest absolute Gasteiger partial charge is 0.331 e. The summed E-state index contributed by atoms with van der Waals surface area (Å²) in [6.45, 7) is 15.5. The minimum absolute atomic E-state index is 0.0283. The Kier molecular flexibility index (Phi) is 14.3. The van der Waals surface area contributed by atoms with Crippen molar-refractivity contribution in [3.8, 4) is 0 Å². The van der Waals surface area contributed by atoms with E-state index in [1.807, 2.05) is 52.0 Å². The van der Waals surface area contributed by atoms with E-state index in [-0.39, 0.29) is 35.6 Å². The zero-order valence-electron chi connectivity index (χ0n) is 24.4. The highest BCUT2D eigenvalue weighted by molar-refractivity contribution is 5.85. The third-order valence-electron chi connectivity index (χ3n) is 7.15. The molecule has 38 heavy (non-hydrogen) atoms. The number of carboxylic acid groups (broad SMARTS) is 1. The van der Waals surface area contributed by atoms with Gasteiger partial charge in [0.1, 0.15) is 11.9 Å². The van der Waals surface area contributed by atoms with Crippen molar-refractivity contribution >= 4 is 17.7 Å². The summed E-state index contributed by atoms with van der Waals surface area (Å²) in [6.07, 6.45) is 16.1. The van der Waals surface area contributed by atoms with E-state index in [2.05, 4.69) is 26.0 Å². The highest BCUT2D eigenvalue weighted by Crippen LogP contribution is 2.24. The number of aliphatic hydroxyl groups is 1. The number of ether oxygens (including phenoxy) is 1. The molecular weight excluding hydrogens is 480 g/mol. The third kappa shape index (κ3) is 12.2. The lowest BCUT2D eigenvalue weighted by molar-refractivity contribution is -0.143. The Bertz CT molecular complexity index is 953. The Morgan fingerprint density at radius 3 is 2.42 bits per heavy atom. The number of carboxylic acids is 1. The summed E-state index contributed by atoms with van der Waals surface area (Å²) in [4.78, 5) is 35.2. The van der Waals surface area contributed by atoms with E-state index < -0.39 is 18.0 Å². The number of hydrogen-bond acceptors (Lipinski definition) is 5. The lowest BCUT2D eigenvalue weighted by Gasteiger charge is -2.25. The second kappa shape index (κ2) is 16.3. The molecule has 0 radical (unpaired) electrons. The molecule has 6 nitrogen and oxygen atoms in total. The first-order valence-corrected chi connectivity index (χ1v) is 13.7. The molecule has 0 saturated carbocycles. The van der Waals surface area contributed by atoms with E-state index in [1.165, 1.54) is 6.08 Å². The minimum Gasteiger partial charge on any atom is -0.478 e. The van der Waals surface area contributed by atoms with Gasteiger partial charge in [-0.25, -0.2) is 9.59 Å². The van der Waals surface area contributed by atoms with Gasteiger partial charge in [-0.15, -0.1) is 0 Å². The van der Waals surface area contributed by atoms with E-state index in [0.717, 1.165) is 24.5 Å². The number of Topliss-reactive ketones (excluding diaryl/α,β-unsaturated/α-hetero) is 1. The van der Waals surface area contributed by atoms with Gasteiger partial charge in [0.2, 0.25) is 0 Å². The standard InChI is InChI=1S/C32H48O6/c1-20(16-22(3)12-14-28-24(5)13-15-30(35)38-28)10-9-11-21(2)17-25(6)31(36)27(8)32(37)26(7)18-23(4)19-29(33)34/h9,11-15,17,19-20,22,24-28,32,37H,10,16,18H2,1-8H3,(H,33,34)/t20?,22?,24-,25?,26?,27?,28-,32+/m0/s1. The van der Waals surface area contributed by atoms with Gasteiger partial charge in [-0.05, 0) is 56.9 Å². The number of aliphatic hydroxyl groups excluding tert-OH is 1. The van der Waals surface area contributed by atoms with Gasteiger partial charge in [0.05, 0.1) is 6.10 Å². The maximum Gasteiger partial charge on any atom is 0.331 e. The van der Waals surface area contributed by atoms with E-state index in [1.54, 1.807) is 13.8 Å². The molecule has 0 aliphatic carbocycles. The summed E-state index contributed by atoms with van der Waals surface area (Å²) in [5.74, 6) is -1.41. The van der Waals surface area contributed by atoms with Crippen molar-refractivity contribution in [1.82, 2.24) is 0 Å². The minimum atomic E-state index is -1.01. The molecule has 1 aliphatic heterocycles. The Morgan fingerprint density at radius 2 is 1.79 bits per heavy atom. The number of allylic oxidation sites excluding steroid dienone is 6. The average Bonchev–Trinajstić information content (AvgIpc) is 2.82. The summed E-state index contributed by atoms with van der Waals surface area (Å²) >= 11 is 0. The summed E-state index contributed by atoms with van der Waals surface area (Å²) in [5.41, 5.74) is 1.67. The lowest BCUT2D eigenvalue weighted by atomic mass is 9.83. The molecule has 1 rings (SSSR count). The van der Waals surface area contributed by atoms with Crippen LogP contribution in [0.25, 0.3) is 0 Å². The van der Waals surface area contributed by atoms with Crippen LogP contribution in [-0.2, 0) is 19.1 Å². The zero-order valence-corrected chi connectivity index (χ0v) is 24.4. The van der Waals surface area contributed by atoms with Crippen LogP contribution in [-0.4, -0.2) is 40.1 Å². The van der Waals surface area contributed by atoms with Gasteiger partial charge in [-0.3, -0.25) is 4.79 Å². The Balaban J connectivity index is 2.56. The van der Waals surface area contributed by atoms with Gasteiger partial charge in [0, 0.05) is 29.9 Å². The van der Waals surface area contributed by atoms with E-state index in [0.29, 0.717) is 23.8 Å². The van der Waals surface area contributed by atoms with Crippen molar-refractivity contribution in [2.24, 2.45) is 35.5 Å². The maximum atomic E-state index is 12.9. The molecule has 5 unspecified atom stereocenters. The quantitative estimate of drug-likeness (QED) is 0.109. The number of aliphatic carboxylic acids is 1. The Morgan fingerprint density at radius 1 is 1.13 bits per heavy atom. The molecule has 0 amide bonds. The zero-order chi connectivity index (χ0) is 29.0. The van der Waals surface area contributed by atoms with Crippen molar-refractivity contribution in [2.45, 2.75) is 86.9 Å². The fourth-order valence-electron chi connectivity index (χ4n) is 4.94. The summed E-state index contributed by atoms with van der Waals surface area (Å²) in [5, 5.41) is 19.6. The predicted octanol–water partition coefficient (Wildman–Crippen LogP) is 6.47. The molecule has 0 aromatic heterocycles. The molecule has 2 N–H and O–H groups in total. The number of hydrogen-bond donors (Lipinski definition) is 2. The molecule has 0 aromatic carbocycles. The second-order valence-electron chi connectivity index (χ2n) is 11.4. The fourth-order valence-corrected chi connectivity index (χ4v) is 4.94. The maximum absolute atomic E-state index is 12.9. The average molecular weight is 529 g/mol. The third-order valence-corrected chi connectivity index (χ3v) is 7.15. The number of esters is 1. The first-order chi connectivity index (χ1) is 17.7. The van der Waals surface area contributed by atoms with Crippen molar-refractivity contribution in [3.05, 3.63) is 59.8 Å².